The van der Waals surface area contributed by atoms with E-state index in [-0.39, 0.29) is 24.3 Å². The third-order valence-corrected chi connectivity index (χ3v) is 4.33. The number of aliphatic hydroxyl groups excluding tert-OH is 1. The van der Waals surface area contributed by atoms with Crippen molar-refractivity contribution in [2.24, 2.45) is 0 Å². The summed E-state index contributed by atoms with van der Waals surface area (Å²) in [5, 5.41) is 21.6. The van der Waals surface area contributed by atoms with Crippen LogP contribution < -0.4 is 5.32 Å². The Balaban J connectivity index is 2.22. The van der Waals surface area contributed by atoms with Crippen LogP contribution in [0.3, 0.4) is 0 Å². The Morgan fingerprint density at radius 1 is 1.19 bits per heavy atom. The molecule has 0 saturated heterocycles. The predicted octanol–water partition coefficient (Wildman–Crippen LogP) is 3.16. The second-order valence-electron chi connectivity index (χ2n) is 5.64. The van der Waals surface area contributed by atoms with Crippen LogP contribution in [-0.2, 0) is 9.47 Å². The number of phenols is 1. The van der Waals surface area contributed by atoms with E-state index in [2.05, 4.69) is 21.2 Å². The molecule has 2 amide bonds. The zero-order valence-electron chi connectivity index (χ0n) is 14.6. The molecule has 0 fully saturated rings. The number of imide groups is 1. The summed E-state index contributed by atoms with van der Waals surface area (Å²) in [5.74, 6) is -0.723. The molecule has 0 aliphatic heterocycles. The standard InChI is InChI=1S/C19H20BrNO6/c1-26-16(9-10-22)17(14-11-13(20)7-8-15(14)23)27-19(25)21-18(24)12-5-3-2-4-6-12/h2-8,11,16-17,22-23H,9-10H2,1H3,(H,21,24,25)/t16-,17-/m0/s1. The van der Waals surface area contributed by atoms with E-state index >= 15 is 0 Å². The number of nitrogens with one attached hydrogen (secondary N) is 1. The van der Waals surface area contributed by atoms with E-state index in [1.165, 1.54) is 13.2 Å². The van der Waals surface area contributed by atoms with E-state index in [1.54, 1.807) is 42.5 Å². The van der Waals surface area contributed by atoms with E-state index in [0.29, 0.717) is 10.0 Å². The number of rotatable bonds is 7. The van der Waals surface area contributed by atoms with Gasteiger partial charge in [0.15, 0.2) is 6.10 Å². The lowest BCUT2D eigenvalue weighted by molar-refractivity contribution is -0.0345. The highest BCUT2D eigenvalue weighted by Gasteiger charge is 2.30. The predicted molar refractivity (Wildman–Crippen MR) is 101 cm³/mol. The summed E-state index contributed by atoms with van der Waals surface area (Å²) in [6.45, 7) is -0.211. The Labute approximate surface area is 165 Å². The first-order valence-electron chi connectivity index (χ1n) is 8.15. The molecule has 0 bridgehead atoms. The Bertz CT molecular complexity index is 783. The zero-order valence-corrected chi connectivity index (χ0v) is 16.2. The van der Waals surface area contributed by atoms with Crippen LogP contribution in [0.1, 0.15) is 28.4 Å². The number of hydrogen-bond acceptors (Lipinski definition) is 6. The van der Waals surface area contributed by atoms with Crippen LogP contribution in [-0.4, -0.2) is 42.0 Å². The minimum Gasteiger partial charge on any atom is -0.508 e. The van der Waals surface area contributed by atoms with Gasteiger partial charge in [0.1, 0.15) is 11.9 Å². The molecular weight excluding hydrogens is 418 g/mol. The van der Waals surface area contributed by atoms with E-state index in [0.717, 1.165) is 0 Å². The summed E-state index contributed by atoms with van der Waals surface area (Å²) in [4.78, 5) is 24.4. The number of halogens is 1. The highest BCUT2D eigenvalue weighted by molar-refractivity contribution is 9.10. The maximum atomic E-state index is 12.3. The normalized spacial score (nSPS) is 12.9. The highest BCUT2D eigenvalue weighted by atomic mass is 79.9. The minimum atomic E-state index is -1.04. The number of hydrogen-bond donors (Lipinski definition) is 3. The zero-order chi connectivity index (χ0) is 19.8. The van der Waals surface area contributed by atoms with Crippen molar-refractivity contribution < 1.29 is 29.3 Å². The first-order chi connectivity index (χ1) is 13.0. The van der Waals surface area contributed by atoms with Crippen molar-refractivity contribution in [3.63, 3.8) is 0 Å². The molecule has 7 nitrogen and oxygen atoms in total. The van der Waals surface area contributed by atoms with Gasteiger partial charge in [-0.05, 0) is 30.3 Å². The van der Waals surface area contributed by atoms with Gasteiger partial charge in [0, 0.05) is 35.7 Å². The van der Waals surface area contributed by atoms with Crippen LogP contribution in [0.25, 0.3) is 0 Å². The molecule has 144 valence electrons. The monoisotopic (exact) mass is 437 g/mol. The Morgan fingerprint density at radius 2 is 1.89 bits per heavy atom. The van der Waals surface area contributed by atoms with Gasteiger partial charge in [-0.1, -0.05) is 34.1 Å². The number of aliphatic hydroxyl groups is 1. The lowest BCUT2D eigenvalue weighted by atomic mass is 10.0. The molecule has 2 aromatic rings. The van der Waals surface area contributed by atoms with Crippen molar-refractivity contribution >= 4 is 27.9 Å². The molecule has 0 saturated carbocycles. The van der Waals surface area contributed by atoms with Crippen molar-refractivity contribution in [1.82, 2.24) is 5.32 Å². The fraction of sp³-hybridized carbons (Fsp3) is 0.263. The maximum absolute atomic E-state index is 12.3. The van der Waals surface area contributed by atoms with Crippen LogP contribution in [0.2, 0.25) is 0 Å². The fourth-order valence-corrected chi connectivity index (χ4v) is 2.89. The van der Waals surface area contributed by atoms with Gasteiger partial charge in [-0.15, -0.1) is 0 Å². The number of methoxy groups -OCH3 is 1. The average Bonchev–Trinajstić information content (AvgIpc) is 2.67. The van der Waals surface area contributed by atoms with Crippen LogP contribution >= 0.6 is 15.9 Å². The summed E-state index contributed by atoms with van der Waals surface area (Å²) in [6.07, 6.45) is -2.60. The molecule has 0 heterocycles. The van der Waals surface area contributed by atoms with Crippen LogP contribution in [0.4, 0.5) is 4.79 Å². The summed E-state index contributed by atoms with van der Waals surface area (Å²) in [7, 11) is 1.40. The van der Waals surface area contributed by atoms with E-state index < -0.39 is 24.2 Å². The van der Waals surface area contributed by atoms with Crippen molar-refractivity contribution in [3.8, 4) is 5.75 Å². The highest BCUT2D eigenvalue weighted by Crippen LogP contribution is 2.34. The van der Waals surface area contributed by atoms with E-state index in [1.807, 2.05) is 0 Å². The van der Waals surface area contributed by atoms with Crippen LogP contribution in [0.15, 0.2) is 53.0 Å². The second-order valence-corrected chi connectivity index (χ2v) is 6.55. The number of benzene rings is 2. The number of ether oxygens (including phenoxy) is 2. The fourth-order valence-electron chi connectivity index (χ4n) is 2.51. The van der Waals surface area contributed by atoms with Gasteiger partial charge in [0.2, 0.25) is 0 Å². The van der Waals surface area contributed by atoms with Crippen molar-refractivity contribution in [2.45, 2.75) is 18.6 Å². The minimum absolute atomic E-state index is 0.106. The van der Waals surface area contributed by atoms with Gasteiger partial charge in [0.05, 0.1) is 0 Å². The van der Waals surface area contributed by atoms with Crippen LogP contribution in [0.5, 0.6) is 5.75 Å². The Hall–Kier alpha value is -2.42. The van der Waals surface area contributed by atoms with Gasteiger partial charge in [0.25, 0.3) is 5.91 Å². The van der Waals surface area contributed by atoms with Gasteiger partial charge in [-0.2, -0.15) is 0 Å². The number of carbonyl (C=O) groups excluding carboxylic acids is 2. The SMILES string of the molecule is CO[C@@H](CCO)[C@@H](OC(=O)NC(=O)c1ccccc1)c1cc(Br)ccc1O. The van der Waals surface area contributed by atoms with Crippen molar-refractivity contribution in [2.75, 3.05) is 13.7 Å². The summed E-state index contributed by atoms with van der Waals surface area (Å²) >= 11 is 3.30. The molecule has 0 aromatic heterocycles. The van der Waals surface area contributed by atoms with Crippen molar-refractivity contribution in [3.05, 3.63) is 64.1 Å². The van der Waals surface area contributed by atoms with Gasteiger partial charge in [-0.3, -0.25) is 10.1 Å². The summed E-state index contributed by atoms with van der Waals surface area (Å²) < 4.78 is 11.4. The molecule has 2 atom stereocenters. The smallest absolute Gasteiger partial charge is 0.414 e. The molecule has 3 N–H and O–H groups in total. The number of alkyl carbamates (subject to hydrolysis) is 1. The third kappa shape index (κ3) is 5.78. The van der Waals surface area contributed by atoms with Crippen LogP contribution in [0, 0.1) is 0 Å². The average molecular weight is 438 g/mol. The summed E-state index contributed by atoms with van der Waals surface area (Å²) in [6, 6.07) is 12.9. The van der Waals surface area contributed by atoms with Crippen molar-refractivity contribution in [1.29, 1.82) is 0 Å². The topological polar surface area (TPSA) is 105 Å². The Kier molecular flexibility index (Phi) is 7.78. The Morgan fingerprint density at radius 3 is 2.52 bits per heavy atom. The van der Waals surface area contributed by atoms with Gasteiger partial charge in [-0.25, -0.2) is 4.79 Å². The molecule has 0 radical (unpaired) electrons. The maximum Gasteiger partial charge on any atom is 0.414 e. The molecule has 0 aliphatic rings. The molecule has 2 rings (SSSR count). The molecule has 0 unspecified atom stereocenters. The van der Waals surface area contributed by atoms with E-state index in [4.69, 9.17) is 9.47 Å². The van der Waals surface area contributed by atoms with Gasteiger partial charge < -0.3 is 19.7 Å². The quantitative estimate of drug-likeness (QED) is 0.614. The van der Waals surface area contributed by atoms with Gasteiger partial charge >= 0.3 is 6.09 Å². The molecule has 0 aliphatic carbocycles. The largest absolute Gasteiger partial charge is 0.508 e. The molecule has 8 heteroatoms. The summed E-state index contributed by atoms with van der Waals surface area (Å²) in [5.41, 5.74) is 0.585. The lowest BCUT2D eigenvalue weighted by Gasteiger charge is -2.26. The molecule has 27 heavy (non-hydrogen) atoms. The number of phenolic OH excluding ortho intramolecular Hbond substituents is 1. The second kappa shape index (κ2) is 10.1. The molecule has 2 aromatic carbocycles. The lowest BCUT2D eigenvalue weighted by Crippen LogP contribution is -2.35. The first kappa shape index (κ1) is 20.9. The number of carbonyl (C=O) groups is 2. The number of aromatic hydroxyl groups is 1. The van der Waals surface area contributed by atoms with E-state index in [9.17, 15) is 19.8 Å². The third-order valence-electron chi connectivity index (χ3n) is 3.84. The number of amides is 2. The molecule has 0 spiro atoms. The first-order valence-corrected chi connectivity index (χ1v) is 8.94. The molecular formula is C19H20BrNO6.